The molecule has 22 heavy (non-hydrogen) atoms. The number of rotatable bonds is 8. The molecule has 0 fully saturated rings. The van der Waals surface area contributed by atoms with Crippen molar-refractivity contribution in [3.8, 4) is 0 Å². The number of hydrogen-bond donors (Lipinski definition) is 1. The van der Waals surface area contributed by atoms with E-state index in [2.05, 4.69) is 49.8 Å². The van der Waals surface area contributed by atoms with Crippen LogP contribution in [0.3, 0.4) is 0 Å². The maximum atomic E-state index is 12.0. The standard InChI is InChI=1S/C17H31N3O2/c1-7-20(8-2)11-9-10-18-15(21)12-14-13(3)19-16(22-14)17(4,5)6/h7-12H2,1-6H3,(H,18,21). The van der Waals surface area contributed by atoms with Crippen molar-refractivity contribution in [2.75, 3.05) is 26.2 Å². The van der Waals surface area contributed by atoms with Crippen LogP contribution in [-0.2, 0) is 16.6 Å². The molecule has 0 radical (unpaired) electrons. The zero-order valence-corrected chi connectivity index (χ0v) is 15.0. The van der Waals surface area contributed by atoms with Gasteiger partial charge in [-0.1, -0.05) is 34.6 Å². The van der Waals surface area contributed by atoms with Gasteiger partial charge < -0.3 is 14.6 Å². The average molecular weight is 309 g/mol. The molecule has 1 aromatic rings. The fourth-order valence-electron chi connectivity index (χ4n) is 2.19. The van der Waals surface area contributed by atoms with E-state index in [-0.39, 0.29) is 17.7 Å². The van der Waals surface area contributed by atoms with Gasteiger partial charge in [0.25, 0.3) is 0 Å². The van der Waals surface area contributed by atoms with Crippen molar-refractivity contribution >= 4 is 5.91 Å². The predicted molar refractivity (Wildman–Crippen MR) is 89.1 cm³/mol. The SMILES string of the molecule is CCN(CC)CCCNC(=O)Cc1oc(C(C)(C)C)nc1C. The highest BCUT2D eigenvalue weighted by Gasteiger charge is 2.23. The molecule has 0 aliphatic rings. The predicted octanol–water partition coefficient (Wildman–Crippen LogP) is 2.67. The number of carbonyl (C=O) groups is 1. The summed E-state index contributed by atoms with van der Waals surface area (Å²) in [7, 11) is 0. The molecule has 0 aliphatic carbocycles. The second-order valence-electron chi connectivity index (χ2n) is 6.68. The number of carbonyl (C=O) groups excluding carboxylic acids is 1. The lowest BCUT2D eigenvalue weighted by Crippen LogP contribution is -2.30. The van der Waals surface area contributed by atoms with Crippen molar-refractivity contribution < 1.29 is 9.21 Å². The van der Waals surface area contributed by atoms with Crippen LogP contribution in [0.2, 0.25) is 0 Å². The van der Waals surface area contributed by atoms with Gasteiger partial charge >= 0.3 is 0 Å². The van der Waals surface area contributed by atoms with Crippen molar-refractivity contribution in [1.82, 2.24) is 15.2 Å². The summed E-state index contributed by atoms with van der Waals surface area (Å²) >= 11 is 0. The van der Waals surface area contributed by atoms with E-state index in [0.717, 1.165) is 31.7 Å². The number of nitrogens with zero attached hydrogens (tertiary/aromatic N) is 2. The van der Waals surface area contributed by atoms with Gasteiger partial charge in [0.2, 0.25) is 5.91 Å². The van der Waals surface area contributed by atoms with Crippen molar-refractivity contribution in [2.24, 2.45) is 0 Å². The van der Waals surface area contributed by atoms with Crippen LogP contribution in [-0.4, -0.2) is 42.0 Å². The van der Waals surface area contributed by atoms with Gasteiger partial charge in [-0.15, -0.1) is 0 Å². The summed E-state index contributed by atoms with van der Waals surface area (Å²) in [6, 6.07) is 0. The molecular weight excluding hydrogens is 278 g/mol. The highest BCUT2D eigenvalue weighted by atomic mass is 16.4. The van der Waals surface area contributed by atoms with E-state index in [1.165, 1.54) is 0 Å². The normalized spacial score (nSPS) is 12.0. The van der Waals surface area contributed by atoms with Crippen molar-refractivity contribution in [3.63, 3.8) is 0 Å². The Morgan fingerprint density at radius 3 is 2.41 bits per heavy atom. The van der Waals surface area contributed by atoms with Crippen LogP contribution in [0.25, 0.3) is 0 Å². The summed E-state index contributed by atoms with van der Waals surface area (Å²) < 4.78 is 5.75. The van der Waals surface area contributed by atoms with Crippen LogP contribution < -0.4 is 5.32 Å². The molecule has 1 N–H and O–H groups in total. The summed E-state index contributed by atoms with van der Waals surface area (Å²) in [5, 5.41) is 2.96. The zero-order chi connectivity index (χ0) is 16.8. The molecule has 0 aromatic carbocycles. The first-order valence-electron chi connectivity index (χ1n) is 8.23. The van der Waals surface area contributed by atoms with Crippen LogP contribution in [0, 0.1) is 6.92 Å². The van der Waals surface area contributed by atoms with Crippen LogP contribution >= 0.6 is 0 Å². The number of amides is 1. The van der Waals surface area contributed by atoms with Crippen LogP contribution in [0.4, 0.5) is 0 Å². The Bertz CT molecular complexity index is 471. The second-order valence-corrected chi connectivity index (χ2v) is 6.68. The third kappa shape index (κ3) is 5.79. The van der Waals surface area contributed by atoms with Crippen molar-refractivity contribution in [1.29, 1.82) is 0 Å². The van der Waals surface area contributed by atoms with E-state index < -0.39 is 0 Å². The Balaban J connectivity index is 2.41. The summed E-state index contributed by atoms with van der Waals surface area (Å²) in [5.74, 6) is 1.36. The molecule has 5 nitrogen and oxygen atoms in total. The largest absolute Gasteiger partial charge is 0.444 e. The Labute approximate surface area is 134 Å². The topological polar surface area (TPSA) is 58.4 Å². The number of hydrogen-bond acceptors (Lipinski definition) is 4. The van der Waals surface area contributed by atoms with Crippen LogP contribution in [0.1, 0.15) is 58.4 Å². The van der Waals surface area contributed by atoms with Gasteiger partial charge in [0.1, 0.15) is 5.76 Å². The highest BCUT2D eigenvalue weighted by molar-refractivity contribution is 5.78. The first-order valence-corrected chi connectivity index (χ1v) is 8.23. The fraction of sp³-hybridized carbons (Fsp3) is 0.765. The molecule has 0 bridgehead atoms. The maximum absolute atomic E-state index is 12.0. The summed E-state index contributed by atoms with van der Waals surface area (Å²) in [5.41, 5.74) is 0.673. The zero-order valence-electron chi connectivity index (χ0n) is 15.0. The number of aromatic nitrogens is 1. The second kappa shape index (κ2) is 8.32. The van der Waals surface area contributed by atoms with E-state index in [4.69, 9.17) is 4.42 Å². The molecule has 0 spiro atoms. The first-order chi connectivity index (χ1) is 10.3. The van der Waals surface area contributed by atoms with Gasteiger partial charge in [-0.3, -0.25) is 4.79 Å². The molecule has 126 valence electrons. The minimum Gasteiger partial charge on any atom is -0.444 e. The lowest BCUT2D eigenvalue weighted by Gasteiger charge is -2.17. The molecule has 1 rings (SSSR count). The number of oxazole rings is 1. The van der Waals surface area contributed by atoms with E-state index in [0.29, 0.717) is 18.2 Å². The average Bonchev–Trinajstić information content (AvgIpc) is 2.80. The summed E-state index contributed by atoms with van der Waals surface area (Å²) in [6.07, 6.45) is 1.23. The molecule has 0 saturated heterocycles. The van der Waals surface area contributed by atoms with Gasteiger partial charge in [0.15, 0.2) is 5.89 Å². The van der Waals surface area contributed by atoms with Crippen LogP contribution in [0.5, 0.6) is 0 Å². The number of nitrogens with one attached hydrogen (secondary N) is 1. The molecule has 0 aliphatic heterocycles. The highest BCUT2D eigenvalue weighted by Crippen LogP contribution is 2.23. The van der Waals surface area contributed by atoms with Crippen molar-refractivity contribution in [3.05, 3.63) is 17.3 Å². The minimum absolute atomic E-state index is 0.000689. The van der Waals surface area contributed by atoms with Crippen molar-refractivity contribution in [2.45, 2.75) is 59.8 Å². The lowest BCUT2D eigenvalue weighted by molar-refractivity contribution is -0.120. The number of aryl methyl sites for hydroxylation is 1. The van der Waals surface area contributed by atoms with Gasteiger partial charge in [-0.2, -0.15) is 0 Å². The third-order valence-corrected chi connectivity index (χ3v) is 3.72. The quantitative estimate of drug-likeness (QED) is 0.750. The molecule has 0 unspecified atom stereocenters. The van der Waals surface area contributed by atoms with Gasteiger partial charge in [0, 0.05) is 12.0 Å². The minimum atomic E-state index is -0.136. The first kappa shape index (κ1) is 18.7. The molecule has 1 aromatic heterocycles. The Morgan fingerprint density at radius 1 is 1.27 bits per heavy atom. The summed E-state index contributed by atoms with van der Waals surface area (Å²) in [4.78, 5) is 18.8. The van der Waals surface area contributed by atoms with E-state index >= 15 is 0 Å². The Hall–Kier alpha value is -1.36. The fourth-order valence-corrected chi connectivity index (χ4v) is 2.19. The molecule has 1 amide bonds. The molecule has 1 heterocycles. The lowest BCUT2D eigenvalue weighted by atomic mass is 9.97. The summed E-state index contributed by atoms with van der Waals surface area (Å²) in [6.45, 7) is 16.2. The van der Waals surface area contributed by atoms with Gasteiger partial charge in [-0.05, 0) is 33.0 Å². The van der Waals surface area contributed by atoms with Gasteiger partial charge in [-0.25, -0.2) is 4.98 Å². The Kier molecular flexibility index (Phi) is 7.07. The Morgan fingerprint density at radius 2 is 1.91 bits per heavy atom. The molecule has 0 atom stereocenters. The monoisotopic (exact) mass is 309 g/mol. The van der Waals surface area contributed by atoms with Gasteiger partial charge in [0.05, 0.1) is 12.1 Å². The smallest absolute Gasteiger partial charge is 0.227 e. The van der Waals surface area contributed by atoms with E-state index in [9.17, 15) is 4.79 Å². The molecular formula is C17H31N3O2. The van der Waals surface area contributed by atoms with E-state index in [1.54, 1.807) is 0 Å². The molecule has 5 heteroatoms. The van der Waals surface area contributed by atoms with Crippen LogP contribution in [0.15, 0.2) is 4.42 Å². The van der Waals surface area contributed by atoms with E-state index in [1.807, 2.05) is 6.92 Å². The molecule has 0 saturated carbocycles. The third-order valence-electron chi connectivity index (χ3n) is 3.72. The maximum Gasteiger partial charge on any atom is 0.227 e.